The first-order valence-corrected chi connectivity index (χ1v) is 8.34. The SMILES string of the molecule is Cc1ccc2nc(-n3ccnc3)nc(CC3CCOCC3)c2c1N. The average Bonchev–Trinajstić information content (AvgIpc) is 3.13. The van der Waals surface area contributed by atoms with E-state index in [-0.39, 0.29) is 0 Å². The van der Waals surface area contributed by atoms with Gasteiger partial charge in [0, 0.05) is 36.7 Å². The molecule has 0 saturated carbocycles. The van der Waals surface area contributed by atoms with Gasteiger partial charge in [-0.1, -0.05) is 6.07 Å². The molecule has 1 fully saturated rings. The highest BCUT2D eigenvalue weighted by Gasteiger charge is 2.19. The van der Waals surface area contributed by atoms with E-state index in [1.54, 1.807) is 12.5 Å². The van der Waals surface area contributed by atoms with Gasteiger partial charge in [-0.2, -0.15) is 0 Å². The van der Waals surface area contributed by atoms with E-state index in [9.17, 15) is 0 Å². The van der Waals surface area contributed by atoms with Crippen molar-refractivity contribution < 1.29 is 4.74 Å². The predicted octanol–water partition coefficient (Wildman–Crippen LogP) is 2.68. The van der Waals surface area contributed by atoms with Gasteiger partial charge in [-0.05, 0) is 43.7 Å². The second-order valence-corrected chi connectivity index (χ2v) is 6.39. The molecule has 1 aliphatic rings. The summed E-state index contributed by atoms with van der Waals surface area (Å²) in [4.78, 5) is 13.6. The molecule has 0 radical (unpaired) electrons. The first kappa shape index (κ1) is 15.1. The molecule has 4 rings (SSSR count). The molecule has 0 atom stereocenters. The molecular formula is C18H21N5O. The van der Waals surface area contributed by atoms with E-state index in [0.717, 1.165) is 60.3 Å². The van der Waals surface area contributed by atoms with Crippen LogP contribution in [0.4, 0.5) is 5.69 Å². The Hall–Kier alpha value is -2.47. The predicted molar refractivity (Wildman–Crippen MR) is 93.1 cm³/mol. The fraction of sp³-hybridized carbons (Fsp3) is 0.389. The monoisotopic (exact) mass is 323 g/mol. The second kappa shape index (κ2) is 6.20. The quantitative estimate of drug-likeness (QED) is 0.750. The lowest BCUT2D eigenvalue weighted by Gasteiger charge is -2.22. The third kappa shape index (κ3) is 2.73. The summed E-state index contributed by atoms with van der Waals surface area (Å²) in [5, 5.41) is 0.991. The van der Waals surface area contributed by atoms with Crippen LogP contribution < -0.4 is 5.73 Å². The van der Waals surface area contributed by atoms with Crippen LogP contribution in [0.2, 0.25) is 0 Å². The number of fused-ring (bicyclic) bond motifs is 1. The first-order chi connectivity index (χ1) is 11.7. The minimum absolute atomic E-state index is 0.576. The van der Waals surface area contributed by atoms with Gasteiger partial charge in [-0.15, -0.1) is 0 Å². The lowest BCUT2D eigenvalue weighted by atomic mass is 9.92. The van der Waals surface area contributed by atoms with E-state index in [4.69, 9.17) is 15.5 Å². The zero-order valence-electron chi connectivity index (χ0n) is 13.8. The molecule has 3 aromatic rings. The zero-order chi connectivity index (χ0) is 16.5. The number of anilines is 1. The zero-order valence-corrected chi connectivity index (χ0v) is 13.8. The Morgan fingerprint density at radius 2 is 2.08 bits per heavy atom. The van der Waals surface area contributed by atoms with Crippen molar-refractivity contribution in [2.24, 2.45) is 5.92 Å². The van der Waals surface area contributed by atoms with Crippen LogP contribution in [-0.2, 0) is 11.2 Å². The van der Waals surface area contributed by atoms with Gasteiger partial charge in [0.25, 0.3) is 0 Å². The van der Waals surface area contributed by atoms with E-state index in [2.05, 4.69) is 9.97 Å². The Kier molecular flexibility index (Phi) is 3.90. The maximum atomic E-state index is 6.37. The summed E-state index contributed by atoms with van der Waals surface area (Å²) in [5.74, 6) is 1.22. The standard InChI is InChI=1S/C18H21N5O/c1-12-2-3-14-16(17(12)19)15(10-13-4-8-24-9-5-13)22-18(21-14)23-7-6-20-11-23/h2-3,6-7,11,13H,4-5,8-10,19H2,1H3. The molecule has 2 aromatic heterocycles. The van der Waals surface area contributed by atoms with E-state index < -0.39 is 0 Å². The van der Waals surface area contributed by atoms with Crippen molar-refractivity contribution in [2.75, 3.05) is 18.9 Å². The fourth-order valence-corrected chi connectivity index (χ4v) is 3.28. The molecule has 0 unspecified atom stereocenters. The van der Waals surface area contributed by atoms with Gasteiger partial charge in [0.1, 0.15) is 6.33 Å². The van der Waals surface area contributed by atoms with Crippen LogP contribution in [0.1, 0.15) is 24.1 Å². The molecule has 6 nitrogen and oxygen atoms in total. The molecule has 24 heavy (non-hydrogen) atoms. The topological polar surface area (TPSA) is 78.8 Å². The van der Waals surface area contributed by atoms with E-state index in [0.29, 0.717) is 11.9 Å². The molecule has 0 amide bonds. The van der Waals surface area contributed by atoms with Gasteiger partial charge in [-0.25, -0.2) is 15.0 Å². The highest BCUT2D eigenvalue weighted by atomic mass is 16.5. The lowest BCUT2D eigenvalue weighted by molar-refractivity contribution is 0.0663. The maximum Gasteiger partial charge on any atom is 0.235 e. The summed E-state index contributed by atoms with van der Waals surface area (Å²) < 4.78 is 7.32. The summed E-state index contributed by atoms with van der Waals surface area (Å²) in [6.07, 6.45) is 8.34. The number of nitrogens with zero attached hydrogens (tertiary/aromatic N) is 4. The van der Waals surface area contributed by atoms with Crippen LogP contribution >= 0.6 is 0 Å². The fourth-order valence-electron chi connectivity index (χ4n) is 3.28. The molecule has 0 aliphatic carbocycles. The van der Waals surface area contributed by atoms with Crippen LogP contribution in [0.3, 0.4) is 0 Å². The molecule has 0 spiro atoms. The van der Waals surface area contributed by atoms with Gasteiger partial charge < -0.3 is 10.5 Å². The van der Waals surface area contributed by atoms with Gasteiger partial charge in [-0.3, -0.25) is 4.57 Å². The highest BCUT2D eigenvalue weighted by Crippen LogP contribution is 2.30. The molecule has 1 saturated heterocycles. The number of aryl methyl sites for hydroxylation is 1. The normalized spacial score (nSPS) is 15.9. The van der Waals surface area contributed by atoms with Crippen molar-refractivity contribution >= 4 is 16.6 Å². The summed E-state index contributed by atoms with van der Waals surface area (Å²) >= 11 is 0. The van der Waals surface area contributed by atoms with Gasteiger partial charge in [0.15, 0.2) is 0 Å². The van der Waals surface area contributed by atoms with Crippen LogP contribution in [0.25, 0.3) is 16.9 Å². The third-order valence-electron chi connectivity index (χ3n) is 4.74. The van der Waals surface area contributed by atoms with Crippen molar-refractivity contribution in [3.05, 3.63) is 42.1 Å². The van der Waals surface area contributed by atoms with Crippen molar-refractivity contribution in [3.8, 4) is 5.95 Å². The van der Waals surface area contributed by atoms with Crippen LogP contribution in [0.15, 0.2) is 30.9 Å². The third-order valence-corrected chi connectivity index (χ3v) is 4.74. The number of imidazole rings is 1. The molecule has 0 bridgehead atoms. The number of rotatable bonds is 3. The summed E-state index contributed by atoms with van der Waals surface area (Å²) in [6, 6.07) is 4.04. The highest BCUT2D eigenvalue weighted by molar-refractivity contribution is 5.94. The first-order valence-electron chi connectivity index (χ1n) is 8.34. The molecule has 124 valence electrons. The minimum atomic E-state index is 0.576. The Bertz CT molecular complexity index is 853. The van der Waals surface area contributed by atoms with Crippen LogP contribution in [-0.4, -0.2) is 32.7 Å². The largest absolute Gasteiger partial charge is 0.398 e. The summed E-state index contributed by atoms with van der Waals surface area (Å²) in [7, 11) is 0. The number of nitrogen functional groups attached to an aromatic ring is 1. The van der Waals surface area contributed by atoms with Crippen LogP contribution in [0.5, 0.6) is 0 Å². The van der Waals surface area contributed by atoms with Crippen molar-refractivity contribution in [2.45, 2.75) is 26.2 Å². The Morgan fingerprint density at radius 3 is 2.83 bits per heavy atom. The number of benzene rings is 1. The second-order valence-electron chi connectivity index (χ2n) is 6.39. The van der Waals surface area contributed by atoms with Gasteiger partial charge in [0.05, 0.1) is 11.2 Å². The minimum Gasteiger partial charge on any atom is -0.398 e. The Balaban J connectivity index is 1.85. The molecule has 6 heteroatoms. The van der Waals surface area contributed by atoms with E-state index in [1.807, 2.05) is 29.8 Å². The molecule has 1 aliphatic heterocycles. The average molecular weight is 323 g/mol. The lowest BCUT2D eigenvalue weighted by Crippen LogP contribution is -2.19. The van der Waals surface area contributed by atoms with Crippen molar-refractivity contribution in [3.63, 3.8) is 0 Å². The van der Waals surface area contributed by atoms with Crippen molar-refractivity contribution in [1.82, 2.24) is 19.5 Å². The number of hydrogen-bond acceptors (Lipinski definition) is 5. The van der Waals surface area contributed by atoms with E-state index in [1.165, 1.54) is 0 Å². The molecule has 1 aromatic carbocycles. The van der Waals surface area contributed by atoms with Crippen molar-refractivity contribution in [1.29, 1.82) is 0 Å². The summed E-state index contributed by atoms with van der Waals surface area (Å²) in [5.41, 5.74) is 10.1. The maximum absolute atomic E-state index is 6.37. The molecular weight excluding hydrogens is 302 g/mol. The number of aromatic nitrogens is 4. The van der Waals surface area contributed by atoms with Gasteiger partial charge in [0.2, 0.25) is 5.95 Å². The van der Waals surface area contributed by atoms with E-state index >= 15 is 0 Å². The Labute approximate surface area is 140 Å². The van der Waals surface area contributed by atoms with Crippen LogP contribution in [0, 0.1) is 12.8 Å². The Morgan fingerprint density at radius 1 is 1.25 bits per heavy atom. The smallest absolute Gasteiger partial charge is 0.235 e. The summed E-state index contributed by atoms with van der Waals surface area (Å²) in [6.45, 7) is 3.68. The van der Waals surface area contributed by atoms with Gasteiger partial charge >= 0.3 is 0 Å². The number of hydrogen-bond donors (Lipinski definition) is 1. The number of ether oxygens (including phenoxy) is 1. The molecule has 3 heterocycles. The molecule has 2 N–H and O–H groups in total. The number of nitrogens with two attached hydrogens (primary N) is 1.